The van der Waals surface area contributed by atoms with Gasteiger partial charge in [-0.3, -0.25) is 9.69 Å². The zero-order chi connectivity index (χ0) is 22.5. The fourth-order valence-electron chi connectivity index (χ4n) is 5.10. The van der Waals surface area contributed by atoms with Crippen LogP contribution in [0.3, 0.4) is 0 Å². The molecule has 3 heterocycles. The van der Waals surface area contributed by atoms with Gasteiger partial charge in [0.25, 0.3) is 0 Å². The number of nitrogens with zero attached hydrogens (tertiary/aromatic N) is 2. The van der Waals surface area contributed by atoms with E-state index in [0.29, 0.717) is 29.1 Å². The maximum Gasteiger partial charge on any atom is 0.193 e. The highest BCUT2D eigenvalue weighted by Crippen LogP contribution is 2.47. The molecule has 0 N–H and O–H groups in total. The van der Waals surface area contributed by atoms with Crippen molar-refractivity contribution < 1.29 is 14.3 Å². The number of hydrogen-bond donors (Lipinski definition) is 0. The molecule has 0 spiro atoms. The van der Waals surface area contributed by atoms with Crippen LogP contribution in [0.1, 0.15) is 41.8 Å². The second-order valence-electron chi connectivity index (χ2n) is 9.50. The smallest absolute Gasteiger partial charge is 0.193 e. The van der Waals surface area contributed by atoms with Gasteiger partial charge in [0.1, 0.15) is 22.7 Å². The topological polar surface area (TPSA) is 42.0 Å². The Morgan fingerprint density at radius 3 is 2.62 bits per heavy atom. The lowest BCUT2D eigenvalue weighted by Crippen LogP contribution is -2.45. The Morgan fingerprint density at radius 2 is 1.97 bits per heavy atom. The van der Waals surface area contributed by atoms with Gasteiger partial charge in [-0.05, 0) is 51.1 Å². The highest BCUT2D eigenvalue weighted by atomic mass is 16.5. The highest BCUT2D eigenvalue weighted by Gasteiger charge is 2.43. The van der Waals surface area contributed by atoms with E-state index in [2.05, 4.69) is 29.0 Å². The van der Waals surface area contributed by atoms with Crippen molar-refractivity contribution in [2.45, 2.75) is 38.0 Å². The predicted molar refractivity (Wildman–Crippen MR) is 129 cm³/mol. The van der Waals surface area contributed by atoms with E-state index in [1.165, 1.54) is 6.42 Å². The Hall–Kier alpha value is -3.05. The number of benzene rings is 2. The molecule has 0 amide bonds. The Balaban J connectivity index is 1.59. The summed E-state index contributed by atoms with van der Waals surface area (Å²) in [5.74, 6) is 1.05. The Labute approximate surface area is 189 Å². The number of carbonyl (C=O) groups excluding carboxylic acids is 1. The molecule has 32 heavy (non-hydrogen) atoms. The van der Waals surface area contributed by atoms with Crippen LogP contribution in [0.5, 0.6) is 11.5 Å². The Bertz CT molecular complexity index is 1100. The van der Waals surface area contributed by atoms with Gasteiger partial charge in [0.05, 0.1) is 12.8 Å². The highest BCUT2D eigenvalue weighted by molar-refractivity contribution is 6.12. The second-order valence-corrected chi connectivity index (χ2v) is 9.50. The van der Waals surface area contributed by atoms with Crippen LogP contribution in [0.2, 0.25) is 0 Å². The summed E-state index contributed by atoms with van der Waals surface area (Å²) >= 11 is 0. The summed E-state index contributed by atoms with van der Waals surface area (Å²) in [5, 5.41) is 0. The molecule has 2 atom stereocenters. The minimum atomic E-state index is -0.501. The molecule has 2 saturated heterocycles. The van der Waals surface area contributed by atoms with Gasteiger partial charge >= 0.3 is 0 Å². The van der Waals surface area contributed by atoms with E-state index in [0.717, 1.165) is 29.9 Å². The van der Waals surface area contributed by atoms with E-state index in [1.807, 2.05) is 56.3 Å². The van der Waals surface area contributed by atoms with E-state index in [9.17, 15) is 4.79 Å². The summed E-state index contributed by atoms with van der Waals surface area (Å²) in [4.78, 5) is 18.3. The van der Waals surface area contributed by atoms with Gasteiger partial charge in [-0.1, -0.05) is 36.4 Å². The second kappa shape index (κ2) is 7.82. The largest absolute Gasteiger partial charge is 0.496 e. The fourth-order valence-corrected chi connectivity index (χ4v) is 5.10. The minimum Gasteiger partial charge on any atom is -0.496 e. The molecule has 0 aromatic heterocycles. The average molecular weight is 431 g/mol. The molecule has 5 rings (SSSR count). The molecule has 0 radical (unpaired) electrons. The molecule has 3 aliphatic rings. The molecule has 2 aromatic rings. The third kappa shape index (κ3) is 3.61. The third-order valence-electron chi connectivity index (χ3n) is 6.80. The van der Waals surface area contributed by atoms with Gasteiger partial charge in [-0.2, -0.15) is 0 Å². The normalized spacial score (nSPS) is 23.4. The van der Waals surface area contributed by atoms with Gasteiger partial charge < -0.3 is 14.4 Å². The number of anilines is 1. The van der Waals surface area contributed by atoms with Crippen LogP contribution < -0.4 is 14.4 Å². The van der Waals surface area contributed by atoms with Crippen molar-refractivity contribution in [1.29, 1.82) is 0 Å². The van der Waals surface area contributed by atoms with E-state index in [-0.39, 0.29) is 5.78 Å². The van der Waals surface area contributed by atoms with Crippen molar-refractivity contribution in [1.82, 2.24) is 4.90 Å². The predicted octanol–water partition coefficient (Wildman–Crippen LogP) is 4.67. The summed E-state index contributed by atoms with van der Waals surface area (Å²) in [5.41, 5.74) is 3.02. The lowest BCUT2D eigenvalue weighted by Gasteiger charge is -2.37. The van der Waals surface area contributed by atoms with Gasteiger partial charge in [-0.15, -0.1) is 0 Å². The maximum atomic E-state index is 13.4. The number of ether oxygens (including phenoxy) is 2. The van der Waals surface area contributed by atoms with Crippen molar-refractivity contribution >= 4 is 23.6 Å². The lowest BCUT2D eigenvalue weighted by atomic mass is 9.94. The fraction of sp³-hybridized carbons (Fsp3) is 0.370. The summed E-state index contributed by atoms with van der Waals surface area (Å²) in [6, 6.07) is 12.9. The molecule has 2 aromatic carbocycles. The SMILES string of the molecule is COc1cc(N2C[C@H]3C[C@@H]2CN3C)c2c(c1C(=O)/C=C/c1ccccc1)OC(C)(C)C=C2. The molecule has 166 valence electrons. The van der Waals surface area contributed by atoms with E-state index in [1.54, 1.807) is 13.2 Å². The number of fused-ring (bicyclic) bond motifs is 3. The van der Waals surface area contributed by atoms with Crippen LogP contribution >= 0.6 is 0 Å². The first kappa shape index (κ1) is 20.8. The summed E-state index contributed by atoms with van der Waals surface area (Å²) < 4.78 is 12.2. The number of piperazine rings is 1. The molecule has 5 heteroatoms. The van der Waals surface area contributed by atoms with Gasteiger partial charge in [-0.25, -0.2) is 0 Å². The van der Waals surface area contributed by atoms with Crippen LogP contribution in [0.25, 0.3) is 12.2 Å². The molecule has 0 aliphatic carbocycles. The van der Waals surface area contributed by atoms with Crippen molar-refractivity contribution in [3.8, 4) is 11.5 Å². The zero-order valence-electron chi connectivity index (χ0n) is 19.2. The van der Waals surface area contributed by atoms with Crippen molar-refractivity contribution in [3.63, 3.8) is 0 Å². The first-order valence-corrected chi connectivity index (χ1v) is 11.2. The number of rotatable bonds is 5. The third-order valence-corrected chi connectivity index (χ3v) is 6.80. The number of allylic oxidation sites excluding steroid dienone is 1. The summed E-state index contributed by atoms with van der Waals surface area (Å²) in [7, 11) is 3.82. The van der Waals surface area contributed by atoms with Gasteiger partial charge in [0, 0.05) is 36.8 Å². The maximum absolute atomic E-state index is 13.4. The standard InChI is InChI=1S/C27H30N2O3/c1-27(2)13-12-21-22(29-17-19-14-20(29)16-28(19)3)15-24(31-4)25(26(21)32-27)23(30)11-10-18-8-6-5-7-9-18/h5-13,15,19-20H,14,16-17H2,1-4H3/b11-10+/t19-,20-/m1/s1. The number of ketones is 1. The number of likely N-dealkylation sites (N-methyl/N-ethyl adjacent to an activating group) is 1. The molecular formula is C27H30N2O3. The van der Waals surface area contributed by atoms with Crippen LogP contribution in [0.15, 0.2) is 48.6 Å². The molecule has 5 nitrogen and oxygen atoms in total. The number of carbonyl (C=O) groups is 1. The van der Waals surface area contributed by atoms with Gasteiger partial charge in [0.2, 0.25) is 0 Å². The molecule has 0 saturated carbocycles. The van der Waals surface area contributed by atoms with E-state index in [4.69, 9.17) is 9.47 Å². The van der Waals surface area contributed by atoms with Crippen LogP contribution in [-0.4, -0.2) is 55.6 Å². The molecular weight excluding hydrogens is 400 g/mol. The molecule has 2 bridgehead atoms. The quantitative estimate of drug-likeness (QED) is 0.509. The number of hydrogen-bond acceptors (Lipinski definition) is 5. The molecule has 2 fully saturated rings. The van der Waals surface area contributed by atoms with Crippen molar-refractivity contribution in [3.05, 3.63) is 65.2 Å². The van der Waals surface area contributed by atoms with E-state index < -0.39 is 5.60 Å². The first-order valence-electron chi connectivity index (χ1n) is 11.2. The van der Waals surface area contributed by atoms with Crippen LogP contribution in [0.4, 0.5) is 5.69 Å². The Morgan fingerprint density at radius 1 is 1.19 bits per heavy atom. The molecule has 0 unspecified atom stereocenters. The zero-order valence-corrected chi connectivity index (χ0v) is 19.2. The van der Waals surface area contributed by atoms with Crippen molar-refractivity contribution in [2.75, 3.05) is 32.1 Å². The minimum absolute atomic E-state index is 0.123. The summed E-state index contributed by atoms with van der Waals surface area (Å²) in [6.45, 7) is 6.05. The summed E-state index contributed by atoms with van der Waals surface area (Å²) in [6.07, 6.45) is 8.79. The number of likely N-dealkylation sites (tertiary alicyclic amines) is 1. The van der Waals surface area contributed by atoms with Crippen molar-refractivity contribution in [2.24, 2.45) is 0 Å². The van der Waals surface area contributed by atoms with Gasteiger partial charge in [0.15, 0.2) is 5.78 Å². The van der Waals surface area contributed by atoms with Crippen LogP contribution in [-0.2, 0) is 0 Å². The lowest BCUT2D eigenvalue weighted by molar-refractivity contribution is 0.103. The Kier molecular flexibility index (Phi) is 5.09. The molecule has 3 aliphatic heterocycles. The van der Waals surface area contributed by atoms with E-state index >= 15 is 0 Å². The number of methoxy groups -OCH3 is 1. The first-order chi connectivity index (χ1) is 15.4. The monoisotopic (exact) mass is 430 g/mol. The van der Waals surface area contributed by atoms with Crippen LogP contribution in [0, 0.1) is 0 Å². The average Bonchev–Trinajstić information content (AvgIpc) is 3.35.